The molecular formula is C13H24O3. The molecule has 2 unspecified atom stereocenters. The Balaban J connectivity index is 2.17. The SMILES string of the molecule is CCCCCCOC(=O)C1C(CO)C1(C)C. The second-order valence-corrected chi connectivity index (χ2v) is 5.32. The van der Waals surface area contributed by atoms with Crippen LogP contribution in [0.1, 0.15) is 46.5 Å². The van der Waals surface area contributed by atoms with E-state index in [0.717, 1.165) is 12.8 Å². The molecule has 1 aliphatic carbocycles. The molecule has 1 fully saturated rings. The Morgan fingerprint density at radius 3 is 2.50 bits per heavy atom. The van der Waals surface area contributed by atoms with Crippen LogP contribution >= 0.6 is 0 Å². The molecule has 0 spiro atoms. The van der Waals surface area contributed by atoms with Gasteiger partial charge >= 0.3 is 5.97 Å². The smallest absolute Gasteiger partial charge is 0.309 e. The summed E-state index contributed by atoms with van der Waals surface area (Å²) in [6.07, 6.45) is 4.47. The molecule has 16 heavy (non-hydrogen) atoms. The van der Waals surface area contributed by atoms with Gasteiger partial charge in [0.25, 0.3) is 0 Å². The number of hydrogen-bond acceptors (Lipinski definition) is 3. The van der Waals surface area contributed by atoms with Gasteiger partial charge in [0, 0.05) is 12.5 Å². The van der Waals surface area contributed by atoms with Crippen molar-refractivity contribution in [1.29, 1.82) is 0 Å². The van der Waals surface area contributed by atoms with Crippen molar-refractivity contribution in [3.8, 4) is 0 Å². The van der Waals surface area contributed by atoms with E-state index in [9.17, 15) is 4.79 Å². The van der Waals surface area contributed by atoms with Crippen LogP contribution in [0.3, 0.4) is 0 Å². The van der Waals surface area contributed by atoms with Crippen molar-refractivity contribution in [2.75, 3.05) is 13.2 Å². The van der Waals surface area contributed by atoms with Gasteiger partial charge in [0.1, 0.15) is 0 Å². The molecule has 0 bridgehead atoms. The Bertz CT molecular complexity index is 235. The van der Waals surface area contributed by atoms with Gasteiger partial charge in [-0.3, -0.25) is 4.79 Å². The van der Waals surface area contributed by atoms with E-state index in [-0.39, 0.29) is 29.8 Å². The number of carbonyl (C=O) groups is 1. The summed E-state index contributed by atoms with van der Waals surface area (Å²) in [5.74, 6) is -0.125. The van der Waals surface area contributed by atoms with Gasteiger partial charge in [-0.1, -0.05) is 40.0 Å². The second kappa shape index (κ2) is 5.67. The van der Waals surface area contributed by atoms with Gasteiger partial charge < -0.3 is 9.84 Å². The molecule has 0 heterocycles. The van der Waals surface area contributed by atoms with Crippen LogP contribution in [0.2, 0.25) is 0 Å². The molecule has 0 aromatic carbocycles. The van der Waals surface area contributed by atoms with E-state index in [1.165, 1.54) is 12.8 Å². The largest absolute Gasteiger partial charge is 0.465 e. The Morgan fingerprint density at radius 1 is 1.31 bits per heavy atom. The zero-order chi connectivity index (χ0) is 12.2. The summed E-state index contributed by atoms with van der Waals surface area (Å²) < 4.78 is 5.23. The molecular weight excluding hydrogens is 204 g/mol. The highest BCUT2D eigenvalue weighted by atomic mass is 16.5. The highest BCUT2D eigenvalue weighted by molar-refractivity contribution is 5.77. The Hall–Kier alpha value is -0.570. The number of ether oxygens (including phenoxy) is 1. The van der Waals surface area contributed by atoms with E-state index in [0.29, 0.717) is 6.61 Å². The van der Waals surface area contributed by atoms with E-state index >= 15 is 0 Å². The second-order valence-electron chi connectivity index (χ2n) is 5.32. The minimum Gasteiger partial charge on any atom is -0.465 e. The molecule has 1 saturated carbocycles. The van der Waals surface area contributed by atoms with Crippen molar-refractivity contribution < 1.29 is 14.6 Å². The van der Waals surface area contributed by atoms with E-state index in [4.69, 9.17) is 9.84 Å². The maximum atomic E-state index is 11.7. The molecule has 3 nitrogen and oxygen atoms in total. The lowest BCUT2D eigenvalue weighted by Crippen LogP contribution is -2.11. The van der Waals surface area contributed by atoms with Crippen molar-refractivity contribution in [3.05, 3.63) is 0 Å². The molecule has 0 saturated heterocycles. The Kier molecular flexibility index (Phi) is 4.78. The summed E-state index contributed by atoms with van der Waals surface area (Å²) in [5.41, 5.74) is -0.0742. The van der Waals surface area contributed by atoms with Crippen LogP contribution in [0.25, 0.3) is 0 Å². The summed E-state index contributed by atoms with van der Waals surface area (Å²) in [6.45, 7) is 6.80. The normalized spacial score (nSPS) is 26.5. The molecule has 94 valence electrons. The Morgan fingerprint density at radius 2 is 2.00 bits per heavy atom. The standard InChI is InChI=1S/C13H24O3/c1-4-5-6-7-8-16-12(15)11-10(9-14)13(11,2)3/h10-11,14H,4-9H2,1-3H3. The number of carbonyl (C=O) groups excluding carboxylic acids is 1. The predicted molar refractivity (Wildman–Crippen MR) is 62.9 cm³/mol. The summed E-state index contributed by atoms with van der Waals surface area (Å²) in [4.78, 5) is 11.7. The third-order valence-corrected chi connectivity index (χ3v) is 3.74. The number of unbranched alkanes of at least 4 members (excludes halogenated alkanes) is 3. The van der Waals surface area contributed by atoms with Gasteiger partial charge in [-0.25, -0.2) is 0 Å². The molecule has 0 aromatic rings. The summed E-state index contributed by atoms with van der Waals surface area (Å²) in [5, 5.41) is 9.09. The number of aliphatic hydroxyl groups is 1. The molecule has 0 radical (unpaired) electrons. The monoisotopic (exact) mass is 228 g/mol. The molecule has 1 N–H and O–H groups in total. The summed E-state index contributed by atoms with van der Waals surface area (Å²) in [6, 6.07) is 0. The number of aliphatic hydroxyl groups excluding tert-OH is 1. The van der Waals surface area contributed by atoms with Crippen LogP contribution in [-0.2, 0) is 9.53 Å². The molecule has 3 heteroatoms. The Labute approximate surface area is 98.2 Å². The molecule has 0 aromatic heterocycles. The van der Waals surface area contributed by atoms with Crippen molar-refractivity contribution >= 4 is 5.97 Å². The van der Waals surface area contributed by atoms with E-state index < -0.39 is 0 Å². The van der Waals surface area contributed by atoms with Gasteiger partial charge in [-0.15, -0.1) is 0 Å². The van der Waals surface area contributed by atoms with E-state index in [2.05, 4.69) is 6.92 Å². The fourth-order valence-electron chi connectivity index (χ4n) is 2.34. The summed E-state index contributed by atoms with van der Waals surface area (Å²) >= 11 is 0. The van der Waals surface area contributed by atoms with Gasteiger partial charge in [0.2, 0.25) is 0 Å². The van der Waals surface area contributed by atoms with Crippen LogP contribution < -0.4 is 0 Å². The first-order chi connectivity index (χ1) is 7.55. The van der Waals surface area contributed by atoms with Crippen LogP contribution in [0.4, 0.5) is 0 Å². The maximum absolute atomic E-state index is 11.7. The highest BCUT2D eigenvalue weighted by Crippen LogP contribution is 2.58. The number of rotatable bonds is 7. The zero-order valence-electron chi connectivity index (χ0n) is 10.7. The van der Waals surface area contributed by atoms with Gasteiger partial charge in [-0.05, 0) is 11.8 Å². The highest BCUT2D eigenvalue weighted by Gasteiger charge is 2.62. The molecule has 0 amide bonds. The van der Waals surface area contributed by atoms with Crippen molar-refractivity contribution in [1.82, 2.24) is 0 Å². The molecule has 0 aliphatic heterocycles. The molecule has 1 aliphatic rings. The third-order valence-electron chi connectivity index (χ3n) is 3.74. The lowest BCUT2D eigenvalue weighted by atomic mass is 10.1. The molecule has 2 atom stereocenters. The minimum absolute atomic E-state index is 0.0742. The van der Waals surface area contributed by atoms with Gasteiger partial charge in [0.15, 0.2) is 0 Å². The maximum Gasteiger partial charge on any atom is 0.309 e. The zero-order valence-corrected chi connectivity index (χ0v) is 10.7. The van der Waals surface area contributed by atoms with Gasteiger partial charge in [-0.2, -0.15) is 0 Å². The average molecular weight is 228 g/mol. The fraction of sp³-hybridized carbons (Fsp3) is 0.923. The quantitative estimate of drug-likeness (QED) is 0.537. The van der Waals surface area contributed by atoms with E-state index in [1.54, 1.807) is 0 Å². The third kappa shape index (κ3) is 2.97. The van der Waals surface area contributed by atoms with Crippen molar-refractivity contribution in [3.63, 3.8) is 0 Å². The topological polar surface area (TPSA) is 46.5 Å². The number of esters is 1. The number of hydrogen-bond donors (Lipinski definition) is 1. The first-order valence-corrected chi connectivity index (χ1v) is 6.33. The van der Waals surface area contributed by atoms with E-state index in [1.807, 2.05) is 13.8 Å². The van der Waals surface area contributed by atoms with Crippen LogP contribution in [0, 0.1) is 17.3 Å². The fourth-order valence-corrected chi connectivity index (χ4v) is 2.34. The van der Waals surface area contributed by atoms with Crippen LogP contribution in [0.15, 0.2) is 0 Å². The lowest BCUT2D eigenvalue weighted by Gasteiger charge is -2.05. The predicted octanol–water partition coefficient (Wildman–Crippen LogP) is 2.37. The van der Waals surface area contributed by atoms with Crippen LogP contribution in [0.5, 0.6) is 0 Å². The first-order valence-electron chi connectivity index (χ1n) is 6.33. The average Bonchev–Trinajstić information content (AvgIpc) is 2.80. The van der Waals surface area contributed by atoms with Crippen molar-refractivity contribution in [2.24, 2.45) is 17.3 Å². The minimum atomic E-state index is -0.124. The summed E-state index contributed by atoms with van der Waals surface area (Å²) in [7, 11) is 0. The molecule has 1 rings (SSSR count). The lowest BCUT2D eigenvalue weighted by molar-refractivity contribution is -0.146. The van der Waals surface area contributed by atoms with Crippen LogP contribution in [-0.4, -0.2) is 24.3 Å². The van der Waals surface area contributed by atoms with Gasteiger partial charge in [0.05, 0.1) is 12.5 Å². The first kappa shape index (κ1) is 13.5. The van der Waals surface area contributed by atoms with Crippen molar-refractivity contribution in [2.45, 2.75) is 46.5 Å².